The number of nitrogens with zero attached hydrogens (tertiary/aromatic N) is 2. The molecule has 1 aromatic carbocycles. The Morgan fingerprint density at radius 2 is 1.36 bits per heavy atom. The molecule has 0 aromatic heterocycles. The van der Waals surface area contributed by atoms with Gasteiger partial charge < -0.3 is 18.8 Å². The summed E-state index contributed by atoms with van der Waals surface area (Å²) >= 11 is 0. The summed E-state index contributed by atoms with van der Waals surface area (Å²) in [4.78, 5) is 27.6. The van der Waals surface area contributed by atoms with Crippen LogP contribution < -0.4 is 0 Å². The van der Waals surface area contributed by atoms with Gasteiger partial charge in [0.15, 0.2) is 0 Å². The molecule has 7 nitrogen and oxygen atoms in total. The molecule has 3 rings (SSSR count). The number of piperidine rings is 2. The van der Waals surface area contributed by atoms with Crippen LogP contribution in [-0.4, -0.2) is 67.2 Å². The predicted molar refractivity (Wildman–Crippen MR) is 160 cm³/mol. The van der Waals surface area contributed by atoms with Gasteiger partial charge in [0.2, 0.25) is 11.8 Å². The first-order chi connectivity index (χ1) is 18.8. The van der Waals surface area contributed by atoms with E-state index in [1.807, 2.05) is 22.0 Å². The van der Waals surface area contributed by atoms with E-state index in [1.165, 1.54) is 35.6 Å². The summed E-state index contributed by atoms with van der Waals surface area (Å²) < 4.78 is 22.5. The number of amides is 2. The summed E-state index contributed by atoms with van der Waals surface area (Å²) in [5, 5.41) is 0. The minimum atomic E-state index is -3.07. The lowest BCUT2D eigenvalue weighted by Crippen LogP contribution is -2.34. The van der Waals surface area contributed by atoms with Crippen molar-refractivity contribution in [1.29, 1.82) is 0 Å². The standard InChI is InChI=1S/C18H23NO.C13H24NO4P/c1-15-10-11-16(2)17(14-15)8-4-5-9-18(20)19-12-6-3-7-13-19;1-3-17-19(16,18-4-2)12-8-9-13(15)14-10-6-5-7-11-14/h4-5,8-11,14H,3,6-7,12-13H2,1-2H3;8-9H,3-7,10-12H2,1-2H3/b8-4+,9-5+;9-8+. The fraction of sp³-hybridized carbons (Fsp3) is 0.548. The number of hydrogen-bond donors (Lipinski definition) is 0. The van der Waals surface area contributed by atoms with Crippen LogP contribution in [0.15, 0.2) is 48.6 Å². The summed E-state index contributed by atoms with van der Waals surface area (Å²) in [6.07, 6.45) is 17.6. The van der Waals surface area contributed by atoms with Gasteiger partial charge in [-0.3, -0.25) is 14.2 Å². The van der Waals surface area contributed by atoms with E-state index < -0.39 is 7.60 Å². The third-order valence-corrected chi connectivity index (χ3v) is 8.60. The fourth-order valence-corrected chi connectivity index (χ4v) is 5.93. The second-order valence-electron chi connectivity index (χ2n) is 9.88. The lowest BCUT2D eigenvalue weighted by atomic mass is 10.1. The van der Waals surface area contributed by atoms with Crippen LogP contribution in [0.3, 0.4) is 0 Å². The molecule has 0 N–H and O–H groups in total. The van der Waals surface area contributed by atoms with Crippen molar-refractivity contribution in [3.63, 3.8) is 0 Å². The van der Waals surface area contributed by atoms with E-state index in [0.29, 0.717) is 13.2 Å². The number of aryl methyl sites for hydroxylation is 2. The van der Waals surface area contributed by atoms with Gasteiger partial charge in [0.25, 0.3) is 0 Å². The topological polar surface area (TPSA) is 76.1 Å². The van der Waals surface area contributed by atoms with Crippen LogP contribution in [0.1, 0.15) is 69.1 Å². The quantitative estimate of drug-likeness (QED) is 0.181. The Morgan fingerprint density at radius 3 is 1.90 bits per heavy atom. The van der Waals surface area contributed by atoms with Crippen molar-refractivity contribution in [3.05, 3.63) is 65.3 Å². The second kappa shape index (κ2) is 18.0. The van der Waals surface area contributed by atoms with Gasteiger partial charge in [-0.25, -0.2) is 0 Å². The molecule has 1 aromatic rings. The fourth-order valence-electron chi connectivity index (χ4n) is 4.49. The molecule has 0 unspecified atom stereocenters. The first-order valence-electron chi connectivity index (χ1n) is 14.3. The van der Waals surface area contributed by atoms with E-state index in [1.54, 1.807) is 26.0 Å². The molecule has 39 heavy (non-hydrogen) atoms. The number of hydrogen-bond acceptors (Lipinski definition) is 5. The number of benzene rings is 1. The van der Waals surface area contributed by atoms with Gasteiger partial charge in [-0.05, 0) is 83.4 Å². The molecule has 2 amide bonds. The Bertz CT molecular complexity index is 1030. The summed E-state index contributed by atoms with van der Waals surface area (Å²) in [7, 11) is -3.07. The minimum absolute atomic E-state index is 0.0146. The Morgan fingerprint density at radius 1 is 0.821 bits per heavy atom. The maximum Gasteiger partial charge on any atom is 0.334 e. The highest BCUT2D eigenvalue weighted by Crippen LogP contribution is 2.47. The largest absolute Gasteiger partial charge is 0.339 e. The third-order valence-electron chi connectivity index (χ3n) is 6.64. The monoisotopic (exact) mass is 558 g/mol. The van der Waals surface area contributed by atoms with Crippen molar-refractivity contribution in [2.45, 2.75) is 66.2 Å². The van der Waals surface area contributed by atoms with Crippen molar-refractivity contribution < 1.29 is 23.2 Å². The average Bonchev–Trinajstić information content (AvgIpc) is 2.94. The molecular weight excluding hydrogens is 511 g/mol. The Balaban J connectivity index is 0.000000274. The van der Waals surface area contributed by atoms with E-state index in [0.717, 1.165) is 51.9 Å². The van der Waals surface area contributed by atoms with Gasteiger partial charge in [-0.15, -0.1) is 0 Å². The molecule has 0 bridgehead atoms. The number of rotatable bonds is 10. The zero-order valence-electron chi connectivity index (χ0n) is 24.3. The van der Waals surface area contributed by atoms with E-state index in [2.05, 4.69) is 38.1 Å². The van der Waals surface area contributed by atoms with Gasteiger partial charge in [0, 0.05) is 32.3 Å². The summed E-state index contributed by atoms with van der Waals surface area (Å²) in [5.74, 6) is 0.120. The zero-order valence-corrected chi connectivity index (χ0v) is 25.2. The highest BCUT2D eigenvalue weighted by molar-refractivity contribution is 7.54. The van der Waals surface area contributed by atoms with E-state index in [9.17, 15) is 14.2 Å². The van der Waals surface area contributed by atoms with Crippen molar-refractivity contribution >= 4 is 25.5 Å². The van der Waals surface area contributed by atoms with Gasteiger partial charge in [0.05, 0.1) is 19.4 Å². The van der Waals surface area contributed by atoms with E-state index >= 15 is 0 Å². The number of allylic oxidation sites excluding steroid dienone is 3. The number of carbonyl (C=O) groups is 2. The van der Waals surface area contributed by atoms with Crippen LogP contribution in [0.2, 0.25) is 0 Å². The molecule has 2 heterocycles. The van der Waals surface area contributed by atoms with Crippen LogP contribution in [0.4, 0.5) is 0 Å². The molecule has 2 aliphatic heterocycles. The van der Waals surface area contributed by atoms with Gasteiger partial charge >= 0.3 is 7.60 Å². The third kappa shape index (κ3) is 12.5. The summed E-state index contributed by atoms with van der Waals surface area (Å²) in [5.41, 5.74) is 3.71. The molecule has 0 aliphatic carbocycles. The van der Waals surface area contributed by atoms with Crippen molar-refractivity contribution in [1.82, 2.24) is 9.80 Å². The highest BCUT2D eigenvalue weighted by Gasteiger charge is 2.22. The first kappa shape index (κ1) is 32.7. The minimum Gasteiger partial charge on any atom is -0.339 e. The van der Waals surface area contributed by atoms with Crippen LogP contribution in [0.25, 0.3) is 6.08 Å². The first-order valence-corrected chi connectivity index (χ1v) is 16.0. The maximum absolute atomic E-state index is 12.2. The Labute approximate surface area is 235 Å². The average molecular weight is 559 g/mol. The highest BCUT2D eigenvalue weighted by atomic mass is 31.2. The molecule has 2 aliphatic rings. The van der Waals surface area contributed by atoms with E-state index in [4.69, 9.17) is 9.05 Å². The second-order valence-corrected chi connectivity index (χ2v) is 12.0. The molecule has 0 atom stereocenters. The Hall–Kier alpha value is -2.47. The van der Waals surface area contributed by atoms with Gasteiger partial charge in [-0.1, -0.05) is 48.1 Å². The van der Waals surface area contributed by atoms with Crippen molar-refractivity contribution in [2.24, 2.45) is 0 Å². The van der Waals surface area contributed by atoms with Crippen molar-refractivity contribution in [3.8, 4) is 0 Å². The molecular formula is C31H47N2O5P. The summed E-state index contributed by atoms with van der Waals surface area (Å²) in [6, 6.07) is 6.39. The van der Waals surface area contributed by atoms with Gasteiger partial charge in [-0.2, -0.15) is 0 Å². The lowest BCUT2D eigenvalue weighted by Gasteiger charge is -2.25. The molecule has 0 radical (unpaired) electrons. The molecule has 0 saturated carbocycles. The van der Waals surface area contributed by atoms with Crippen LogP contribution >= 0.6 is 7.60 Å². The number of carbonyl (C=O) groups excluding carboxylic acids is 2. The zero-order chi connectivity index (χ0) is 28.5. The van der Waals surface area contributed by atoms with E-state index in [-0.39, 0.29) is 18.0 Å². The molecule has 2 fully saturated rings. The number of likely N-dealkylation sites (tertiary alicyclic amines) is 2. The van der Waals surface area contributed by atoms with Crippen LogP contribution in [-0.2, 0) is 23.2 Å². The molecule has 8 heteroatoms. The lowest BCUT2D eigenvalue weighted by molar-refractivity contribution is -0.127. The molecule has 216 valence electrons. The van der Waals surface area contributed by atoms with Crippen LogP contribution in [0.5, 0.6) is 0 Å². The smallest absolute Gasteiger partial charge is 0.334 e. The van der Waals surface area contributed by atoms with Crippen molar-refractivity contribution in [2.75, 3.05) is 45.6 Å². The predicted octanol–water partition coefficient (Wildman–Crippen LogP) is 6.71. The van der Waals surface area contributed by atoms with Crippen LogP contribution in [0, 0.1) is 13.8 Å². The SMILES string of the molecule is CCOP(=O)(C/C=C/C(=O)N1CCCCC1)OCC.Cc1ccc(C)c(/C=C/C=C/C(=O)N2CCCCC2)c1. The molecule has 2 saturated heterocycles. The van der Waals surface area contributed by atoms with Gasteiger partial charge in [0.1, 0.15) is 0 Å². The maximum atomic E-state index is 12.2. The normalized spacial score (nSPS) is 16.6. The summed E-state index contributed by atoms with van der Waals surface area (Å²) in [6.45, 7) is 11.9. The molecule has 0 spiro atoms. The Kier molecular flexibility index (Phi) is 15.1.